The molecular formula is C17H21N3O5. The Morgan fingerprint density at radius 3 is 2.32 bits per heavy atom. The molecule has 3 amide bonds. The second-order valence-electron chi connectivity index (χ2n) is 6.26. The largest absolute Gasteiger partial charge is 0.479 e. The van der Waals surface area contributed by atoms with E-state index in [-0.39, 0.29) is 0 Å². The van der Waals surface area contributed by atoms with E-state index < -0.39 is 36.2 Å². The van der Waals surface area contributed by atoms with E-state index in [4.69, 9.17) is 14.7 Å². The molecule has 0 heterocycles. The molecule has 1 rings (SSSR count). The van der Waals surface area contributed by atoms with E-state index >= 15 is 0 Å². The maximum Gasteiger partial charge on any atom is 0.347 e. The fourth-order valence-corrected chi connectivity index (χ4v) is 1.65. The lowest BCUT2D eigenvalue weighted by Gasteiger charge is -2.20. The highest BCUT2D eigenvalue weighted by atomic mass is 16.6. The van der Waals surface area contributed by atoms with Crippen LogP contribution in [0.2, 0.25) is 0 Å². The summed E-state index contributed by atoms with van der Waals surface area (Å²) in [6.45, 7) is 6.15. The van der Waals surface area contributed by atoms with Gasteiger partial charge in [-0.2, -0.15) is 5.26 Å². The molecule has 0 aliphatic carbocycles. The SMILES string of the molecule is C[C@@H](Oc1ccc(C#N)cc1)C(=O)OCC(=O)NC(=O)NC(C)(C)C. The number of nitrogens with zero attached hydrogens (tertiary/aromatic N) is 1. The third-order valence-electron chi connectivity index (χ3n) is 2.72. The van der Waals surface area contributed by atoms with Crippen molar-refractivity contribution in [2.24, 2.45) is 0 Å². The van der Waals surface area contributed by atoms with Crippen molar-refractivity contribution in [2.45, 2.75) is 39.3 Å². The van der Waals surface area contributed by atoms with Crippen LogP contribution >= 0.6 is 0 Å². The van der Waals surface area contributed by atoms with Crippen molar-refractivity contribution in [3.8, 4) is 11.8 Å². The predicted molar refractivity (Wildman–Crippen MR) is 88.6 cm³/mol. The topological polar surface area (TPSA) is 118 Å². The van der Waals surface area contributed by atoms with E-state index in [1.54, 1.807) is 45.0 Å². The number of hydrogen-bond acceptors (Lipinski definition) is 6. The van der Waals surface area contributed by atoms with Crippen molar-refractivity contribution in [3.63, 3.8) is 0 Å². The van der Waals surface area contributed by atoms with Gasteiger partial charge in [0, 0.05) is 5.54 Å². The maximum absolute atomic E-state index is 11.8. The highest BCUT2D eigenvalue weighted by Gasteiger charge is 2.20. The van der Waals surface area contributed by atoms with Crippen LogP contribution in [0.1, 0.15) is 33.3 Å². The van der Waals surface area contributed by atoms with Gasteiger partial charge in [-0.05, 0) is 52.0 Å². The summed E-state index contributed by atoms with van der Waals surface area (Å²) in [4.78, 5) is 34.9. The first-order valence-corrected chi connectivity index (χ1v) is 7.56. The summed E-state index contributed by atoms with van der Waals surface area (Å²) in [6.07, 6.45) is -0.955. The molecule has 2 N–H and O–H groups in total. The van der Waals surface area contributed by atoms with Crippen molar-refractivity contribution in [3.05, 3.63) is 29.8 Å². The molecule has 1 aromatic carbocycles. The zero-order valence-corrected chi connectivity index (χ0v) is 14.6. The number of urea groups is 1. The molecular weight excluding hydrogens is 326 g/mol. The third kappa shape index (κ3) is 7.83. The monoisotopic (exact) mass is 347 g/mol. The van der Waals surface area contributed by atoms with Crippen LogP contribution in [0.3, 0.4) is 0 Å². The molecule has 8 nitrogen and oxygen atoms in total. The van der Waals surface area contributed by atoms with Crippen molar-refractivity contribution in [1.82, 2.24) is 10.6 Å². The summed E-state index contributed by atoms with van der Waals surface area (Å²) in [6, 6.07) is 7.49. The summed E-state index contributed by atoms with van der Waals surface area (Å²) in [5.41, 5.74) is -0.0300. The number of nitriles is 1. The van der Waals surface area contributed by atoms with Crippen molar-refractivity contribution in [1.29, 1.82) is 5.26 Å². The zero-order valence-electron chi connectivity index (χ0n) is 14.6. The Morgan fingerprint density at radius 2 is 1.80 bits per heavy atom. The molecule has 0 radical (unpaired) electrons. The van der Waals surface area contributed by atoms with Gasteiger partial charge in [0.2, 0.25) is 0 Å². The summed E-state index contributed by atoms with van der Waals surface area (Å²) < 4.78 is 10.2. The first-order valence-electron chi connectivity index (χ1n) is 7.56. The Morgan fingerprint density at radius 1 is 1.20 bits per heavy atom. The van der Waals surface area contributed by atoms with E-state index in [9.17, 15) is 14.4 Å². The second kappa shape index (κ2) is 8.68. The van der Waals surface area contributed by atoms with E-state index in [0.717, 1.165) is 0 Å². The lowest BCUT2D eigenvalue weighted by Crippen LogP contribution is -2.49. The number of benzene rings is 1. The van der Waals surface area contributed by atoms with Crippen LogP contribution < -0.4 is 15.4 Å². The average molecular weight is 347 g/mol. The van der Waals surface area contributed by atoms with Crippen LogP contribution in [0.25, 0.3) is 0 Å². The predicted octanol–water partition coefficient (Wildman–Crippen LogP) is 1.49. The summed E-state index contributed by atoms with van der Waals surface area (Å²) in [7, 11) is 0. The molecule has 0 aromatic heterocycles. The van der Waals surface area contributed by atoms with Gasteiger partial charge >= 0.3 is 12.0 Å². The van der Waals surface area contributed by atoms with E-state index in [1.165, 1.54) is 6.92 Å². The molecule has 0 aliphatic rings. The minimum atomic E-state index is -0.955. The van der Waals surface area contributed by atoms with Gasteiger partial charge in [0.1, 0.15) is 5.75 Å². The van der Waals surface area contributed by atoms with Crippen LogP contribution in [-0.4, -0.2) is 36.2 Å². The highest BCUT2D eigenvalue weighted by Crippen LogP contribution is 2.13. The summed E-state index contributed by atoms with van der Waals surface area (Å²) >= 11 is 0. The number of imide groups is 1. The number of nitrogens with one attached hydrogen (secondary N) is 2. The molecule has 1 atom stereocenters. The number of hydrogen-bond donors (Lipinski definition) is 2. The fraction of sp³-hybridized carbons (Fsp3) is 0.412. The molecule has 25 heavy (non-hydrogen) atoms. The van der Waals surface area contributed by atoms with E-state index in [2.05, 4.69) is 10.6 Å². The number of carbonyl (C=O) groups is 3. The molecule has 0 saturated heterocycles. The smallest absolute Gasteiger partial charge is 0.347 e. The van der Waals surface area contributed by atoms with Crippen molar-refractivity contribution < 1.29 is 23.9 Å². The number of rotatable bonds is 5. The Balaban J connectivity index is 2.40. The number of amides is 3. The quantitative estimate of drug-likeness (QED) is 0.779. The highest BCUT2D eigenvalue weighted by molar-refractivity contribution is 5.95. The van der Waals surface area contributed by atoms with Crippen molar-refractivity contribution in [2.75, 3.05) is 6.61 Å². The van der Waals surface area contributed by atoms with Gasteiger partial charge in [-0.1, -0.05) is 0 Å². The minimum Gasteiger partial charge on any atom is -0.479 e. The second-order valence-corrected chi connectivity index (χ2v) is 6.26. The van der Waals surface area contributed by atoms with Crippen LogP contribution in [0.4, 0.5) is 4.79 Å². The molecule has 0 fully saturated rings. The van der Waals surface area contributed by atoms with Gasteiger partial charge in [0.05, 0.1) is 11.6 Å². The van der Waals surface area contributed by atoms with Gasteiger partial charge in [0.25, 0.3) is 5.91 Å². The van der Waals surface area contributed by atoms with Crippen LogP contribution in [0.15, 0.2) is 24.3 Å². The maximum atomic E-state index is 11.8. The Kier molecular flexibility index (Phi) is 6.93. The van der Waals surface area contributed by atoms with Gasteiger partial charge in [-0.15, -0.1) is 0 Å². The summed E-state index contributed by atoms with van der Waals surface area (Å²) in [5, 5.41) is 13.3. The van der Waals surface area contributed by atoms with Crippen molar-refractivity contribution >= 4 is 17.9 Å². The first kappa shape index (κ1) is 20.0. The van der Waals surface area contributed by atoms with Crippen LogP contribution in [0.5, 0.6) is 5.75 Å². The molecule has 0 bridgehead atoms. The third-order valence-corrected chi connectivity index (χ3v) is 2.72. The normalized spacial score (nSPS) is 11.6. The van der Waals surface area contributed by atoms with Gasteiger partial charge in [-0.25, -0.2) is 9.59 Å². The van der Waals surface area contributed by atoms with E-state index in [0.29, 0.717) is 11.3 Å². The lowest BCUT2D eigenvalue weighted by atomic mass is 10.1. The average Bonchev–Trinajstić information content (AvgIpc) is 2.51. The minimum absolute atomic E-state index is 0.387. The number of carbonyl (C=O) groups excluding carboxylic acids is 3. The molecule has 1 aromatic rings. The van der Waals surface area contributed by atoms with E-state index in [1.807, 2.05) is 6.07 Å². The number of esters is 1. The number of ether oxygens (including phenoxy) is 2. The molecule has 134 valence electrons. The van der Waals surface area contributed by atoms with Gasteiger partial charge in [-0.3, -0.25) is 10.1 Å². The molecule has 8 heteroatoms. The van der Waals surface area contributed by atoms with Gasteiger partial charge < -0.3 is 14.8 Å². The zero-order chi connectivity index (χ0) is 19.0. The standard InChI is InChI=1S/C17H21N3O5/c1-11(25-13-7-5-12(9-18)6-8-13)15(22)24-10-14(21)19-16(23)20-17(2,3)4/h5-8,11H,10H2,1-4H3,(H2,19,20,21,23)/t11-/m1/s1. The van der Waals surface area contributed by atoms with Gasteiger partial charge in [0.15, 0.2) is 12.7 Å². The molecule has 0 aliphatic heterocycles. The van der Waals surface area contributed by atoms with Crippen LogP contribution in [0, 0.1) is 11.3 Å². The Labute approximate surface area is 146 Å². The summed E-state index contributed by atoms with van der Waals surface area (Å²) in [5.74, 6) is -1.12. The Bertz CT molecular complexity index is 671. The molecule has 0 saturated carbocycles. The first-order chi connectivity index (χ1) is 11.6. The fourth-order valence-electron chi connectivity index (χ4n) is 1.65. The van der Waals surface area contributed by atoms with Crippen LogP contribution in [-0.2, 0) is 14.3 Å². The Hall–Kier alpha value is -3.08. The lowest BCUT2D eigenvalue weighted by molar-refractivity contribution is -0.154. The molecule has 0 unspecified atom stereocenters. The molecule has 0 spiro atoms.